The van der Waals surface area contributed by atoms with E-state index in [0.717, 1.165) is 6.42 Å². The SMILES string of the molecule is CCCC[C@H](NS(=O)(=O)c1ccccc1Cn1cncn1)C(=O)O. The fourth-order valence-electron chi connectivity index (χ4n) is 2.28. The summed E-state index contributed by atoms with van der Waals surface area (Å²) < 4.78 is 29.1. The summed E-state index contributed by atoms with van der Waals surface area (Å²) >= 11 is 0. The predicted octanol–water partition coefficient (Wildman–Crippen LogP) is 1.25. The van der Waals surface area contributed by atoms with E-state index in [9.17, 15) is 18.3 Å². The highest BCUT2D eigenvalue weighted by molar-refractivity contribution is 7.89. The van der Waals surface area contributed by atoms with Crippen LogP contribution < -0.4 is 4.72 Å². The molecule has 0 saturated heterocycles. The van der Waals surface area contributed by atoms with Crippen molar-refractivity contribution in [2.24, 2.45) is 0 Å². The van der Waals surface area contributed by atoms with E-state index in [0.29, 0.717) is 12.0 Å². The van der Waals surface area contributed by atoms with Crippen LogP contribution in [0.4, 0.5) is 0 Å². The number of aliphatic carboxylic acids is 1. The molecule has 0 aliphatic carbocycles. The average Bonchev–Trinajstić information content (AvgIpc) is 3.04. The molecule has 0 radical (unpaired) electrons. The Kier molecular flexibility index (Phi) is 6.04. The summed E-state index contributed by atoms with van der Waals surface area (Å²) in [7, 11) is -3.96. The molecule has 0 amide bonds. The van der Waals surface area contributed by atoms with Gasteiger partial charge in [-0.3, -0.25) is 4.79 Å². The van der Waals surface area contributed by atoms with E-state index in [4.69, 9.17) is 0 Å². The minimum absolute atomic E-state index is 0.0447. The summed E-state index contributed by atoms with van der Waals surface area (Å²) in [4.78, 5) is 15.2. The molecule has 0 fully saturated rings. The van der Waals surface area contributed by atoms with E-state index in [2.05, 4.69) is 14.8 Å². The zero-order chi connectivity index (χ0) is 17.6. The van der Waals surface area contributed by atoms with Crippen molar-refractivity contribution < 1.29 is 18.3 Å². The number of hydrogen-bond donors (Lipinski definition) is 2. The van der Waals surface area contributed by atoms with E-state index in [1.807, 2.05) is 6.92 Å². The van der Waals surface area contributed by atoms with Gasteiger partial charge in [-0.25, -0.2) is 18.1 Å². The van der Waals surface area contributed by atoms with Crippen molar-refractivity contribution in [2.75, 3.05) is 0 Å². The molecule has 1 aromatic carbocycles. The number of unbranched alkanes of at least 4 members (excludes halogenated alkanes) is 1. The second-order valence-corrected chi connectivity index (χ2v) is 7.04. The van der Waals surface area contributed by atoms with Gasteiger partial charge in [-0.2, -0.15) is 9.82 Å². The predicted molar refractivity (Wildman–Crippen MR) is 86.8 cm³/mol. The number of carboxylic acid groups (broad SMARTS) is 1. The second-order valence-electron chi connectivity index (χ2n) is 5.36. The summed E-state index contributed by atoms with van der Waals surface area (Å²) in [5.41, 5.74) is 0.509. The van der Waals surface area contributed by atoms with E-state index in [-0.39, 0.29) is 17.9 Å². The number of carboxylic acids is 1. The first-order chi connectivity index (χ1) is 11.4. The minimum atomic E-state index is -3.96. The maximum absolute atomic E-state index is 12.6. The molecule has 0 aliphatic rings. The van der Waals surface area contributed by atoms with E-state index >= 15 is 0 Å². The highest BCUT2D eigenvalue weighted by Crippen LogP contribution is 2.17. The molecule has 0 unspecified atom stereocenters. The minimum Gasteiger partial charge on any atom is -0.480 e. The maximum Gasteiger partial charge on any atom is 0.321 e. The topological polar surface area (TPSA) is 114 Å². The quantitative estimate of drug-likeness (QED) is 0.702. The first-order valence-electron chi connectivity index (χ1n) is 7.59. The zero-order valence-corrected chi connectivity index (χ0v) is 14.1. The summed E-state index contributed by atoms with van der Waals surface area (Å²) in [6, 6.07) is 5.29. The number of benzene rings is 1. The van der Waals surface area contributed by atoms with Gasteiger partial charge in [0, 0.05) is 0 Å². The summed E-state index contributed by atoms with van der Waals surface area (Å²) in [6.45, 7) is 2.14. The molecule has 2 rings (SSSR count). The number of aromatic nitrogens is 3. The first-order valence-corrected chi connectivity index (χ1v) is 9.08. The van der Waals surface area contributed by atoms with Crippen LogP contribution in [0.5, 0.6) is 0 Å². The molecular weight excluding hydrogens is 332 g/mol. The normalized spacial score (nSPS) is 12.9. The third-order valence-corrected chi connectivity index (χ3v) is 5.08. The highest BCUT2D eigenvalue weighted by Gasteiger charge is 2.26. The largest absolute Gasteiger partial charge is 0.480 e. The molecule has 130 valence electrons. The molecule has 9 heteroatoms. The van der Waals surface area contributed by atoms with E-state index < -0.39 is 22.0 Å². The van der Waals surface area contributed by atoms with E-state index in [1.54, 1.807) is 18.2 Å². The summed E-state index contributed by atoms with van der Waals surface area (Å²) in [5.74, 6) is -1.18. The van der Waals surface area contributed by atoms with Crippen LogP contribution in [0, 0.1) is 0 Å². The van der Waals surface area contributed by atoms with Crippen molar-refractivity contribution in [2.45, 2.75) is 43.7 Å². The van der Waals surface area contributed by atoms with Crippen molar-refractivity contribution in [3.05, 3.63) is 42.5 Å². The fraction of sp³-hybridized carbons (Fsp3) is 0.400. The zero-order valence-electron chi connectivity index (χ0n) is 13.3. The van der Waals surface area contributed by atoms with Crippen LogP contribution in [0.3, 0.4) is 0 Å². The lowest BCUT2D eigenvalue weighted by Gasteiger charge is -2.16. The molecule has 0 saturated carbocycles. The molecule has 24 heavy (non-hydrogen) atoms. The van der Waals surface area contributed by atoms with Gasteiger partial charge in [0.2, 0.25) is 10.0 Å². The lowest BCUT2D eigenvalue weighted by atomic mass is 10.1. The second kappa shape index (κ2) is 8.02. The lowest BCUT2D eigenvalue weighted by molar-refractivity contribution is -0.139. The Labute approximate surface area is 140 Å². The summed E-state index contributed by atoms with van der Waals surface area (Å²) in [6.07, 6.45) is 4.50. The van der Waals surface area contributed by atoms with Crippen LogP contribution in [-0.2, 0) is 21.4 Å². The Balaban J connectivity index is 2.26. The Morgan fingerprint density at radius 1 is 1.38 bits per heavy atom. The Bertz CT molecular complexity index is 775. The van der Waals surface area contributed by atoms with Gasteiger partial charge in [0.05, 0.1) is 11.4 Å². The Hall–Kier alpha value is -2.26. The van der Waals surface area contributed by atoms with Gasteiger partial charge in [-0.1, -0.05) is 38.0 Å². The van der Waals surface area contributed by atoms with Gasteiger partial charge in [-0.05, 0) is 18.1 Å². The molecule has 1 heterocycles. The van der Waals surface area contributed by atoms with Gasteiger partial charge < -0.3 is 5.11 Å². The fourth-order valence-corrected chi connectivity index (χ4v) is 3.73. The molecule has 2 aromatic rings. The van der Waals surface area contributed by atoms with Gasteiger partial charge in [-0.15, -0.1) is 0 Å². The number of carbonyl (C=O) groups is 1. The molecule has 1 atom stereocenters. The van der Waals surface area contributed by atoms with E-state index in [1.165, 1.54) is 23.4 Å². The third kappa shape index (κ3) is 4.62. The number of nitrogens with zero attached hydrogens (tertiary/aromatic N) is 3. The van der Waals surface area contributed by atoms with Gasteiger partial charge in [0.1, 0.15) is 18.7 Å². The Morgan fingerprint density at radius 3 is 2.75 bits per heavy atom. The number of hydrogen-bond acceptors (Lipinski definition) is 5. The van der Waals surface area contributed by atoms with Crippen molar-refractivity contribution in [1.29, 1.82) is 0 Å². The standard InChI is InChI=1S/C15H20N4O4S/c1-2-3-7-13(15(20)21)18-24(22,23)14-8-5-4-6-12(14)9-19-11-16-10-17-19/h4-6,8,10-11,13,18H,2-3,7,9H2,1H3,(H,20,21)/t13-/m0/s1. The average molecular weight is 352 g/mol. The van der Waals surface area contributed by atoms with Crippen molar-refractivity contribution >= 4 is 16.0 Å². The smallest absolute Gasteiger partial charge is 0.321 e. The van der Waals surface area contributed by atoms with Crippen molar-refractivity contribution in [1.82, 2.24) is 19.5 Å². The van der Waals surface area contributed by atoms with Gasteiger partial charge in [0.15, 0.2) is 0 Å². The number of sulfonamides is 1. The van der Waals surface area contributed by atoms with Crippen LogP contribution in [-0.4, -0.2) is 40.3 Å². The maximum atomic E-state index is 12.6. The molecule has 0 bridgehead atoms. The van der Waals surface area contributed by atoms with Crippen LogP contribution in [0.2, 0.25) is 0 Å². The molecular formula is C15H20N4O4S. The molecule has 0 aliphatic heterocycles. The lowest BCUT2D eigenvalue weighted by Crippen LogP contribution is -2.41. The summed E-state index contributed by atoms with van der Waals surface area (Å²) in [5, 5.41) is 13.2. The van der Waals surface area contributed by atoms with Gasteiger partial charge in [0.25, 0.3) is 0 Å². The molecule has 1 aromatic heterocycles. The number of nitrogens with one attached hydrogen (secondary N) is 1. The first kappa shape index (κ1) is 18.1. The van der Waals surface area contributed by atoms with Crippen LogP contribution >= 0.6 is 0 Å². The highest BCUT2D eigenvalue weighted by atomic mass is 32.2. The third-order valence-electron chi connectivity index (χ3n) is 3.50. The molecule has 0 spiro atoms. The monoisotopic (exact) mass is 352 g/mol. The van der Waals surface area contributed by atoms with Crippen LogP contribution in [0.15, 0.2) is 41.8 Å². The number of rotatable bonds is 9. The van der Waals surface area contributed by atoms with Gasteiger partial charge >= 0.3 is 5.97 Å². The Morgan fingerprint density at radius 2 is 2.12 bits per heavy atom. The van der Waals surface area contributed by atoms with Crippen molar-refractivity contribution in [3.8, 4) is 0 Å². The van der Waals surface area contributed by atoms with Crippen LogP contribution in [0.1, 0.15) is 31.7 Å². The van der Waals surface area contributed by atoms with Crippen LogP contribution in [0.25, 0.3) is 0 Å². The molecule has 2 N–H and O–H groups in total. The van der Waals surface area contributed by atoms with Crippen molar-refractivity contribution in [3.63, 3.8) is 0 Å². The molecule has 8 nitrogen and oxygen atoms in total.